The normalized spacial score (nSPS) is 10.0. The summed E-state index contributed by atoms with van der Waals surface area (Å²) in [6.07, 6.45) is 1.97. The number of aryl methyl sites for hydroxylation is 1. The van der Waals surface area contributed by atoms with Crippen LogP contribution in [0.4, 0.5) is 4.39 Å². The Kier molecular flexibility index (Phi) is 12.0. The highest BCUT2D eigenvalue weighted by atomic mass is 19.1. The van der Waals surface area contributed by atoms with Gasteiger partial charge in [-0.3, -0.25) is 9.38 Å². The van der Waals surface area contributed by atoms with E-state index in [1.807, 2.05) is 77.1 Å². The molecule has 0 saturated heterocycles. The predicted molar refractivity (Wildman–Crippen MR) is 107 cm³/mol. The Bertz CT molecular complexity index is 615. The van der Waals surface area contributed by atoms with Crippen molar-refractivity contribution in [2.24, 2.45) is 4.99 Å². The fraction of sp³-hybridized carbons (Fsp3) is 0.318. The van der Waals surface area contributed by atoms with Gasteiger partial charge < -0.3 is 0 Å². The number of benzene rings is 2. The molecular weight excluding hydrogens is 297 g/mol. The van der Waals surface area contributed by atoms with Gasteiger partial charge >= 0.3 is 0 Å². The number of nitrogens with zero attached hydrogens (tertiary/aromatic N) is 1. The Morgan fingerprint density at radius 3 is 2.21 bits per heavy atom. The monoisotopic (exact) mass is 327 g/mol. The van der Waals surface area contributed by atoms with Crippen LogP contribution >= 0.6 is 0 Å². The smallest absolute Gasteiger partial charge is 0.0934 e. The molecular formula is C22H30FN. The SMILES string of the molecule is C=CN=C(C)c1ccc(CCF)c(-c2ccccc2)c1.CC.CC. The summed E-state index contributed by atoms with van der Waals surface area (Å²) in [6, 6.07) is 16.1. The van der Waals surface area contributed by atoms with E-state index in [0.29, 0.717) is 6.42 Å². The second kappa shape index (κ2) is 13.2. The van der Waals surface area contributed by atoms with Crippen LogP contribution in [-0.2, 0) is 6.42 Å². The summed E-state index contributed by atoms with van der Waals surface area (Å²) < 4.78 is 12.7. The molecule has 2 aromatic carbocycles. The molecule has 0 aromatic heterocycles. The van der Waals surface area contributed by atoms with Crippen LogP contribution in [0.5, 0.6) is 0 Å². The van der Waals surface area contributed by atoms with E-state index in [4.69, 9.17) is 0 Å². The highest BCUT2D eigenvalue weighted by Crippen LogP contribution is 2.26. The summed E-state index contributed by atoms with van der Waals surface area (Å²) >= 11 is 0. The molecule has 0 saturated carbocycles. The van der Waals surface area contributed by atoms with E-state index in [2.05, 4.69) is 17.6 Å². The second-order valence-corrected chi connectivity index (χ2v) is 4.57. The van der Waals surface area contributed by atoms with Crippen molar-refractivity contribution < 1.29 is 4.39 Å². The molecule has 0 bridgehead atoms. The van der Waals surface area contributed by atoms with Crippen molar-refractivity contribution in [3.05, 3.63) is 72.4 Å². The molecule has 0 atom stereocenters. The first kappa shape index (κ1) is 21.8. The minimum absolute atomic E-state index is 0.348. The number of hydrogen-bond acceptors (Lipinski definition) is 1. The van der Waals surface area contributed by atoms with Crippen molar-refractivity contribution in [2.75, 3.05) is 6.67 Å². The number of halogens is 1. The van der Waals surface area contributed by atoms with Crippen LogP contribution in [0.3, 0.4) is 0 Å². The van der Waals surface area contributed by atoms with Gasteiger partial charge in [0.05, 0.1) is 6.67 Å². The zero-order valence-corrected chi connectivity index (χ0v) is 15.6. The van der Waals surface area contributed by atoms with E-state index in [-0.39, 0.29) is 6.67 Å². The molecule has 130 valence electrons. The van der Waals surface area contributed by atoms with E-state index >= 15 is 0 Å². The number of alkyl halides is 1. The molecule has 0 amide bonds. The number of aliphatic imine (C=N–C) groups is 1. The van der Waals surface area contributed by atoms with Crippen LogP contribution in [0.2, 0.25) is 0 Å². The first-order valence-electron chi connectivity index (χ1n) is 8.66. The van der Waals surface area contributed by atoms with Crippen molar-refractivity contribution in [1.29, 1.82) is 0 Å². The van der Waals surface area contributed by atoms with Gasteiger partial charge in [-0.15, -0.1) is 0 Å². The summed E-state index contributed by atoms with van der Waals surface area (Å²) in [6.45, 7) is 13.2. The molecule has 0 fully saturated rings. The molecule has 0 aliphatic heterocycles. The lowest BCUT2D eigenvalue weighted by Gasteiger charge is -2.11. The summed E-state index contributed by atoms with van der Waals surface area (Å²) in [5, 5.41) is 0. The van der Waals surface area contributed by atoms with Crippen molar-refractivity contribution in [3.8, 4) is 11.1 Å². The first-order valence-corrected chi connectivity index (χ1v) is 8.66. The lowest BCUT2D eigenvalue weighted by atomic mass is 9.94. The van der Waals surface area contributed by atoms with Gasteiger partial charge in [0.25, 0.3) is 0 Å². The Balaban J connectivity index is 0.00000123. The van der Waals surface area contributed by atoms with E-state index in [0.717, 1.165) is 28.0 Å². The average Bonchev–Trinajstić information content (AvgIpc) is 2.66. The molecule has 0 aliphatic rings. The lowest BCUT2D eigenvalue weighted by molar-refractivity contribution is 0.495. The van der Waals surface area contributed by atoms with Crippen LogP contribution in [0.15, 0.2) is 66.3 Å². The van der Waals surface area contributed by atoms with Crippen LogP contribution in [0, 0.1) is 0 Å². The predicted octanol–water partition coefficient (Wildman–Crippen LogP) is 6.87. The number of rotatable bonds is 5. The van der Waals surface area contributed by atoms with Gasteiger partial charge in [-0.25, -0.2) is 0 Å². The van der Waals surface area contributed by atoms with Gasteiger partial charge in [-0.1, -0.05) is 76.7 Å². The molecule has 0 N–H and O–H groups in total. The molecule has 0 radical (unpaired) electrons. The molecule has 0 spiro atoms. The highest BCUT2D eigenvalue weighted by molar-refractivity contribution is 6.00. The fourth-order valence-electron chi connectivity index (χ4n) is 2.22. The van der Waals surface area contributed by atoms with Crippen molar-refractivity contribution in [1.82, 2.24) is 0 Å². The van der Waals surface area contributed by atoms with E-state index < -0.39 is 0 Å². The van der Waals surface area contributed by atoms with Gasteiger partial charge in [0.15, 0.2) is 0 Å². The summed E-state index contributed by atoms with van der Waals surface area (Å²) in [5.41, 5.74) is 5.13. The second-order valence-electron chi connectivity index (χ2n) is 4.57. The highest BCUT2D eigenvalue weighted by Gasteiger charge is 2.07. The third-order valence-corrected chi connectivity index (χ3v) is 3.26. The quantitative estimate of drug-likeness (QED) is 0.531. The third kappa shape index (κ3) is 6.49. The number of hydrogen-bond donors (Lipinski definition) is 0. The summed E-state index contributed by atoms with van der Waals surface area (Å²) in [5.74, 6) is 0. The summed E-state index contributed by atoms with van der Waals surface area (Å²) in [7, 11) is 0. The van der Waals surface area contributed by atoms with Gasteiger partial charge in [-0.2, -0.15) is 0 Å². The molecule has 0 aliphatic carbocycles. The minimum atomic E-state index is -0.348. The van der Waals surface area contributed by atoms with Crippen LogP contribution in [0.1, 0.15) is 45.7 Å². The zero-order chi connectivity index (χ0) is 18.4. The van der Waals surface area contributed by atoms with Crippen molar-refractivity contribution in [2.45, 2.75) is 41.0 Å². The maximum absolute atomic E-state index is 12.7. The standard InChI is InChI=1S/C18H18FN.2C2H6/c1-3-20-14(2)17-10-9-16(11-12-19)18(13-17)15-7-5-4-6-8-15;2*1-2/h3-10,13H,1,11-12H2,2H3;2*1-2H3. The zero-order valence-electron chi connectivity index (χ0n) is 15.6. The van der Waals surface area contributed by atoms with Gasteiger partial charge in [0, 0.05) is 18.3 Å². The van der Waals surface area contributed by atoms with Crippen LogP contribution < -0.4 is 0 Å². The molecule has 0 heterocycles. The van der Waals surface area contributed by atoms with E-state index in [1.165, 1.54) is 6.20 Å². The third-order valence-electron chi connectivity index (χ3n) is 3.26. The van der Waals surface area contributed by atoms with Gasteiger partial charge in [-0.05, 0) is 35.2 Å². The Labute approximate surface area is 147 Å². The Morgan fingerprint density at radius 1 is 1.04 bits per heavy atom. The maximum atomic E-state index is 12.7. The largest absolute Gasteiger partial charge is 0.262 e. The Hall–Kier alpha value is -2.22. The topological polar surface area (TPSA) is 12.4 Å². The molecule has 2 rings (SSSR count). The van der Waals surface area contributed by atoms with Crippen molar-refractivity contribution in [3.63, 3.8) is 0 Å². The van der Waals surface area contributed by atoms with Gasteiger partial charge in [0.2, 0.25) is 0 Å². The minimum Gasteiger partial charge on any atom is -0.262 e. The Morgan fingerprint density at radius 2 is 1.67 bits per heavy atom. The van der Waals surface area contributed by atoms with E-state index in [1.54, 1.807) is 0 Å². The molecule has 1 nitrogen and oxygen atoms in total. The van der Waals surface area contributed by atoms with Gasteiger partial charge in [0.1, 0.15) is 0 Å². The molecule has 2 heteroatoms. The fourth-order valence-corrected chi connectivity index (χ4v) is 2.22. The molecule has 2 aromatic rings. The van der Waals surface area contributed by atoms with Crippen LogP contribution in [-0.4, -0.2) is 12.4 Å². The average molecular weight is 327 g/mol. The van der Waals surface area contributed by atoms with Crippen molar-refractivity contribution >= 4 is 5.71 Å². The molecule has 24 heavy (non-hydrogen) atoms. The summed E-state index contributed by atoms with van der Waals surface area (Å²) in [4.78, 5) is 4.21. The first-order chi connectivity index (χ1) is 11.8. The maximum Gasteiger partial charge on any atom is 0.0934 e. The van der Waals surface area contributed by atoms with E-state index in [9.17, 15) is 4.39 Å². The lowest BCUT2D eigenvalue weighted by Crippen LogP contribution is -1.98. The molecule has 0 unspecified atom stereocenters. The van der Waals surface area contributed by atoms with Crippen LogP contribution in [0.25, 0.3) is 11.1 Å².